The maximum absolute atomic E-state index is 13.5. The minimum atomic E-state index is -0.415. The Bertz CT molecular complexity index is 1170. The third-order valence-electron chi connectivity index (χ3n) is 8.32. The van der Waals surface area contributed by atoms with E-state index in [1.54, 1.807) is 17.3 Å². The first-order valence-electron chi connectivity index (χ1n) is 13.3. The standard InChI is InChI=1S/C29H37N5O3/c1-5-29(6-2)16-24(35)34(27(30)33-29)25(18-10-9-13-31-17-18)20-14-21(20)26(36)32-22-15-28(3,4)37-23-12-8-7-11-19(22)23/h7-13,17,20-22,25H,5-6,14-16H2,1-4H3,(H2,30,33)(H,32,36)/t20-,21-,22?,25+/m0/s1. The van der Waals surface area contributed by atoms with Crippen molar-refractivity contribution in [3.05, 3.63) is 59.9 Å². The van der Waals surface area contributed by atoms with Crippen molar-refractivity contribution in [2.24, 2.45) is 11.8 Å². The maximum Gasteiger partial charge on any atom is 0.232 e. The second kappa shape index (κ2) is 9.47. The molecule has 4 atom stereocenters. The van der Waals surface area contributed by atoms with Gasteiger partial charge in [-0.3, -0.25) is 24.9 Å². The van der Waals surface area contributed by atoms with Crippen LogP contribution in [0.25, 0.3) is 0 Å². The summed E-state index contributed by atoms with van der Waals surface area (Å²) in [5, 5.41) is 15.4. The number of pyridine rings is 1. The van der Waals surface area contributed by atoms with E-state index in [1.165, 1.54) is 0 Å². The molecule has 8 heteroatoms. The molecule has 0 spiro atoms. The fourth-order valence-electron chi connectivity index (χ4n) is 6.04. The fraction of sp³-hybridized carbons (Fsp3) is 0.517. The third-order valence-corrected chi connectivity index (χ3v) is 8.32. The summed E-state index contributed by atoms with van der Waals surface area (Å²) in [5.74, 6) is 0.491. The van der Waals surface area contributed by atoms with E-state index in [2.05, 4.69) is 15.6 Å². The van der Waals surface area contributed by atoms with E-state index in [9.17, 15) is 9.59 Å². The molecule has 37 heavy (non-hydrogen) atoms. The number of benzene rings is 1. The Balaban J connectivity index is 1.37. The predicted molar refractivity (Wildman–Crippen MR) is 141 cm³/mol. The number of amides is 2. The minimum Gasteiger partial charge on any atom is -0.487 e. The normalized spacial score (nSPS) is 26.4. The molecule has 3 aliphatic rings. The Morgan fingerprint density at radius 1 is 1.24 bits per heavy atom. The van der Waals surface area contributed by atoms with Crippen molar-refractivity contribution in [3.8, 4) is 5.75 Å². The number of carbonyl (C=O) groups excluding carboxylic acids is 2. The van der Waals surface area contributed by atoms with Crippen LogP contribution in [0, 0.1) is 17.2 Å². The van der Waals surface area contributed by atoms with Crippen molar-refractivity contribution in [1.82, 2.24) is 20.5 Å². The number of hydrogen-bond donors (Lipinski definition) is 3. The van der Waals surface area contributed by atoms with Gasteiger partial charge in [0.25, 0.3) is 0 Å². The number of carbonyl (C=O) groups is 2. The smallest absolute Gasteiger partial charge is 0.232 e. The molecule has 1 aromatic carbocycles. The number of nitrogens with one attached hydrogen (secondary N) is 3. The summed E-state index contributed by atoms with van der Waals surface area (Å²) >= 11 is 0. The molecule has 2 amide bonds. The number of ether oxygens (including phenoxy) is 1. The lowest BCUT2D eigenvalue weighted by molar-refractivity contribution is -0.134. The molecule has 1 saturated carbocycles. The van der Waals surface area contributed by atoms with Crippen LogP contribution in [0.15, 0.2) is 48.8 Å². The lowest BCUT2D eigenvalue weighted by Crippen LogP contribution is -2.62. The SMILES string of the molecule is CCC1(CC)CC(=O)N([C@H](c2cccnc2)[C@H]2C[C@@H]2C(=O)NC2CC(C)(C)Oc3ccccc32)C(=N)N1. The number of guanidine groups is 1. The van der Waals surface area contributed by atoms with Crippen LogP contribution in [0.3, 0.4) is 0 Å². The highest BCUT2D eigenvalue weighted by Gasteiger charge is 2.54. The number of aromatic nitrogens is 1. The molecule has 2 aliphatic heterocycles. The largest absolute Gasteiger partial charge is 0.487 e. The van der Waals surface area contributed by atoms with E-state index in [0.717, 1.165) is 29.7 Å². The average Bonchev–Trinajstić information content (AvgIpc) is 3.66. The number of para-hydroxylation sites is 1. The van der Waals surface area contributed by atoms with Crippen molar-refractivity contribution < 1.29 is 14.3 Å². The van der Waals surface area contributed by atoms with Crippen LogP contribution < -0.4 is 15.4 Å². The molecule has 8 nitrogen and oxygen atoms in total. The average molecular weight is 504 g/mol. The van der Waals surface area contributed by atoms with Gasteiger partial charge in [0.2, 0.25) is 11.8 Å². The molecule has 1 aromatic heterocycles. The summed E-state index contributed by atoms with van der Waals surface area (Å²) in [6.45, 7) is 8.16. The van der Waals surface area contributed by atoms with Gasteiger partial charge in [0.15, 0.2) is 5.96 Å². The van der Waals surface area contributed by atoms with Gasteiger partial charge in [0.1, 0.15) is 11.4 Å². The predicted octanol–water partition coefficient (Wildman–Crippen LogP) is 4.49. The van der Waals surface area contributed by atoms with E-state index < -0.39 is 11.6 Å². The van der Waals surface area contributed by atoms with E-state index >= 15 is 0 Å². The van der Waals surface area contributed by atoms with Crippen LogP contribution in [-0.4, -0.2) is 38.8 Å². The molecule has 3 heterocycles. The number of rotatable bonds is 7. The van der Waals surface area contributed by atoms with Gasteiger partial charge in [-0.05, 0) is 56.7 Å². The molecule has 2 fully saturated rings. The number of fused-ring (bicyclic) bond motifs is 1. The first-order valence-corrected chi connectivity index (χ1v) is 13.3. The number of hydrogen-bond acceptors (Lipinski definition) is 5. The highest BCUT2D eigenvalue weighted by molar-refractivity contribution is 6.00. The van der Waals surface area contributed by atoms with E-state index in [4.69, 9.17) is 10.1 Å². The molecular weight excluding hydrogens is 466 g/mol. The van der Waals surface area contributed by atoms with Crippen molar-refractivity contribution in [2.45, 2.75) is 83.0 Å². The van der Waals surface area contributed by atoms with Crippen LogP contribution in [0.5, 0.6) is 5.75 Å². The summed E-state index contributed by atoms with van der Waals surface area (Å²) in [7, 11) is 0. The first-order chi connectivity index (χ1) is 17.7. The van der Waals surface area contributed by atoms with Gasteiger partial charge < -0.3 is 15.4 Å². The Labute approximate surface area is 218 Å². The van der Waals surface area contributed by atoms with Crippen LogP contribution >= 0.6 is 0 Å². The summed E-state index contributed by atoms with van der Waals surface area (Å²) < 4.78 is 6.13. The van der Waals surface area contributed by atoms with Gasteiger partial charge in [0, 0.05) is 35.8 Å². The fourth-order valence-corrected chi connectivity index (χ4v) is 6.04. The maximum atomic E-state index is 13.5. The second-order valence-corrected chi connectivity index (χ2v) is 11.3. The Kier molecular flexibility index (Phi) is 6.46. The number of nitrogens with zero attached hydrogens (tertiary/aromatic N) is 2. The van der Waals surface area contributed by atoms with Gasteiger partial charge in [-0.15, -0.1) is 0 Å². The summed E-state index contributed by atoms with van der Waals surface area (Å²) in [6.07, 6.45) is 6.63. The van der Waals surface area contributed by atoms with Gasteiger partial charge in [-0.2, -0.15) is 0 Å². The van der Waals surface area contributed by atoms with Crippen LogP contribution in [0.4, 0.5) is 0 Å². The molecule has 2 aromatic rings. The van der Waals surface area contributed by atoms with Gasteiger partial charge in [-0.25, -0.2) is 0 Å². The summed E-state index contributed by atoms with van der Waals surface area (Å²) in [6, 6.07) is 11.1. The van der Waals surface area contributed by atoms with Crippen molar-refractivity contribution >= 4 is 17.8 Å². The molecule has 1 unspecified atom stereocenters. The second-order valence-electron chi connectivity index (χ2n) is 11.3. The Hall–Kier alpha value is -3.42. The van der Waals surface area contributed by atoms with Gasteiger partial charge in [-0.1, -0.05) is 38.1 Å². The summed E-state index contributed by atoms with van der Waals surface area (Å²) in [4.78, 5) is 32.9. The molecular formula is C29H37N5O3. The highest BCUT2D eigenvalue weighted by Crippen LogP contribution is 2.51. The first kappa shape index (κ1) is 25.2. The zero-order valence-electron chi connectivity index (χ0n) is 22.1. The lowest BCUT2D eigenvalue weighted by Gasteiger charge is -2.45. The van der Waals surface area contributed by atoms with Crippen LogP contribution in [0.1, 0.15) is 83.0 Å². The molecule has 196 valence electrons. The lowest BCUT2D eigenvalue weighted by atomic mass is 9.85. The zero-order valence-corrected chi connectivity index (χ0v) is 22.1. The third kappa shape index (κ3) is 4.81. The molecule has 0 radical (unpaired) electrons. The molecule has 3 N–H and O–H groups in total. The monoisotopic (exact) mass is 503 g/mol. The summed E-state index contributed by atoms with van der Waals surface area (Å²) in [5.41, 5.74) is 1.05. The van der Waals surface area contributed by atoms with Crippen molar-refractivity contribution in [3.63, 3.8) is 0 Å². The van der Waals surface area contributed by atoms with Gasteiger partial charge >= 0.3 is 0 Å². The highest BCUT2D eigenvalue weighted by atomic mass is 16.5. The van der Waals surface area contributed by atoms with E-state index in [-0.39, 0.29) is 41.3 Å². The molecule has 1 saturated heterocycles. The van der Waals surface area contributed by atoms with Crippen LogP contribution in [-0.2, 0) is 9.59 Å². The quantitative estimate of drug-likeness (QED) is 0.516. The Morgan fingerprint density at radius 2 is 2.00 bits per heavy atom. The van der Waals surface area contributed by atoms with Gasteiger partial charge in [0.05, 0.1) is 18.5 Å². The van der Waals surface area contributed by atoms with Crippen molar-refractivity contribution in [1.29, 1.82) is 5.41 Å². The van der Waals surface area contributed by atoms with E-state index in [0.29, 0.717) is 19.3 Å². The van der Waals surface area contributed by atoms with Crippen molar-refractivity contribution in [2.75, 3.05) is 0 Å². The van der Waals surface area contributed by atoms with Crippen LogP contribution in [0.2, 0.25) is 0 Å². The molecule has 1 aliphatic carbocycles. The minimum absolute atomic E-state index is 0.0168. The molecule has 5 rings (SSSR count). The Morgan fingerprint density at radius 3 is 2.68 bits per heavy atom. The zero-order chi connectivity index (χ0) is 26.4. The topological polar surface area (TPSA) is 107 Å². The molecule has 0 bridgehead atoms. The van der Waals surface area contributed by atoms with E-state index in [1.807, 2.05) is 64.1 Å².